The van der Waals surface area contributed by atoms with E-state index in [-0.39, 0.29) is 17.4 Å². The number of benzene rings is 1. The molecule has 1 N–H and O–H groups in total. The van der Waals surface area contributed by atoms with Crippen molar-refractivity contribution in [3.8, 4) is 0 Å². The SMILES string of the molecule is CC(C)(C)c1ccc(CN2C(=O)NC(=O)C2(C)C)cc1. The van der Waals surface area contributed by atoms with Gasteiger partial charge in [-0.25, -0.2) is 4.79 Å². The van der Waals surface area contributed by atoms with Gasteiger partial charge in [-0.15, -0.1) is 0 Å². The number of nitrogens with zero attached hydrogens (tertiary/aromatic N) is 1. The van der Waals surface area contributed by atoms with Gasteiger partial charge < -0.3 is 4.90 Å². The molecule has 1 aromatic carbocycles. The van der Waals surface area contributed by atoms with Gasteiger partial charge in [0, 0.05) is 6.54 Å². The third kappa shape index (κ3) is 2.55. The number of hydrogen-bond acceptors (Lipinski definition) is 2. The van der Waals surface area contributed by atoms with Crippen LogP contribution in [0.15, 0.2) is 24.3 Å². The Morgan fingerprint density at radius 1 is 1.10 bits per heavy atom. The van der Waals surface area contributed by atoms with Crippen molar-refractivity contribution in [2.24, 2.45) is 0 Å². The fourth-order valence-corrected chi connectivity index (χ4v) is 2.26. The maximum Gasteiger partial charge on any atom is 0.325 e. The largest absolute Gasteiger partial charge is 0.325 e. The molecule has 0 aliphatic carbocycles. The van der Waals surface area contributed by atoms with Crippen LogP contribution in [0.4, 0.5) is 4.79 Å². The smallest absolute Gasteiger partial charge is 0.306 e. The third-order valence-corrected chi connectivity index (χ3v) is 3.86. The fourth-order valence-electron chi connectivity index (χ4n) is 2.26. The molecular weight excluding hydrogens is 252 g/mol. The summed E-state index contributed by atoms with van der Waals surface area (Å²) in [6, 6.07) is 7.88. The van der Waals surface area contributed by atoms with Crippen LogP contribution >= 0.6 is 0 Å². The number of amides is 3. The van der Waals surface area contributed by atoms with E-state index in [0.717, 1.165) is 5.56 Å². The Hall–Kier alpha value is -1.84. The normalized spacial score (nSPS) is 18.4. The maximum atomic E-state index is 11.8. The highest BCUT2D eigenvalue weighted by Gasteiger charge is 2.45. The molecule has 0 aromatic heterocycles. The van der Waals surface area contributed by atoms with Crippen molar-refractivity contribution in [2.75, 3.05) is 0 Å². The molecule has 1 aliphatic heterocycles. The Balaban J connectivity index is 2.19. The van der Waals surface area contributed by atoms with E-state index in [9.17, 15) is 9.59 Å². The van der Waals surface area contributed by atoms with E-state index in [2.05, 4.69) is 38.2 Å². The van der Waals surface area contributed by atoms with Crippen molar-refractivity contribution in [3.05, 3.63) is 35.4 Å². The quantitative estimate of drug-likeness (QED) is 0.843. The number of carbonyl (C=O) groups is 2. The summed E-state index contributed by atoms with van der Waals surface area (Å²) in [6.45, 7) is 10.5. The van der Waals surface area contributed by atoms with Crippen LogP contribution in [0, 0.1) is 0 Å². The van der Waals surface area contributed by atoms with Crippen LogP contribution in [0.2, 0.25) is 0 Å². The number of rotatable bonds is 2. The minimum atomic E-state index is -0.792. The van der Waals surface area contributed by atoms with Crippen molar-refractivity contribution in [1.82, 2.24) is 10.2 Å². The van der Waals surface area contributed by atoms with E-state index in [4.69, 9.17) is 0 Å². The Morgan fingerprint density at radius 2 is 1.65 bits per heavy atom. The molecule has 4 nitrogen and oxygen atoms in total. The lowest BCUT2D eigenvalue weighted by molar-refractivity contribution is -0.125. The third-order valence-electron chi connectivity index (χ3n) is 3.86. The molecule has 1 aromatic rings. The average molecular weight is 274 g/mol. The average Bonchev–Trinajstić information content (AvgIpc) is 2.52. The Bertz CT molecular complexity index is 539. The number of nitrogens with one attached hydrogen (secondary N) is 1. The van der Waals surface area contributed by atoms with Gasteiger partial charge in [-0.3, -0.25) is 10.1 Å². The van der Waals surface area contributed by atoms with Crippen molar-refractivity contribution in [3.63, 3.8) is 0 Å². The summed E-state index contributed by atoms with van der Waals surface area (Å²) in [7, 11) is 0. The van der Waals surface area contributed by atoms with Gasteiger partial charge in [-0.1, -0.05) is 45.0 Å². The molecule has 108 valence electrons. The van der Waals surface area contributed by atoms with E-state index in [1.165, 1.54) is 5.56 Å². The van der Waals surface area contributed by atoms with Crippen molar-refractivity contribution >= 4 is 11.9 Å². The van der Waals surface area contributed by atoms with E-state index in [0.29, 0.717) is 6.54 Å². The lowest BCUT2D eigenvalue weighted by Gasteiger charge is -2.28. The molecule has 2 rings (SSSR count). The molecule has 1 saturated heterocycles. The summed E-state index contributed by atoms with van der Waals surface area (Å²) >= 11 is 0. The summed E-state index contributed by atoms with van der Waals surface area (Å²) < 4.78 is 0. The molecule has 0 unspecified atom stereocenters. The summed E-state index contributed by atoms with van der Waals surface area (Å²) in [5.41, 5.74) is 1.59. The van der Waals surface area contributed by atoms with Crippen LogP contribution < -0.4 is 5.32 Å². The van der Waals surface area contributed by atoms with Gasteiger partial charge in [0.1, 0.15) is 5.54 Å². The number of carbonyl (C=O) groups excluding carboxylic acids is 2. The van der Waals surface area contributed by atoms with Crippen LogP contribution in [-0.2, 0) is 16.8 Å². The molecule has 0 atom stereocenters. The van der Waals surface area contributed by atoms with Crippen molar-refractivity contribution in [1.29, 1.82) is 0 Å². The molecule has 1 heterocycles. The molecular formula is C16H22N2O2. The first-order valence-corrected chi connectivity index (χ1v) is 6.85. The highest BCUT2D eigenvalue weighted by Crippen LogP contribution is 2.25. The topological polar surface area (TPSA) is 49.4 Å². The van der Waals surface area contributed by atoms with Crippen LogP contribution in [0.5, 0.6) is 0 Å². The van der Waals surface area contributed by atoms with Gasteiger partial charge in [-0.2, -0.15) is 0 Å². The van der Waals surface area contributed by atoms with Crippen LogP contribution in [0.1, 0.15) is 45.7 Å². The predicted octanol–water partition coefficient (Wildman–Crippen LogP) is 2.81. The predicted molar refractivity (Wildman–Crippen MR) is 78.3 cm³/mol. The van der Waals surface area contributed by atoms with E-state index in [1.807, 2.05) is 12.1 Å². The molecule has 0 saturated carbocycles. The summed E-state index contributed by atoms with van der Waals surface area (Å²) in [4.78, 5) is 25.1. The van der Waals surface area contributed by atoms with E-state index < -0.39 is 5.54 Å². The first-order chi connectivity index (χ1) is 9.12. The van der Waals surface area contributed by atoms with Crippen LogP contribution in [-0.4, -0.2) is 22.4 Å². The zero-order chi connectivity index (χ0) is 15.1. The second-order valence-electron chi connectivity index (χ2n) is 6.85. The monoisotopic (exact) mass is 274 g/mol. The maximum absolute atomic E-state index is 11.8. The molecule has 0 radical (unpaired) electrons. The van der Waals surface area contributed by atoms with Crippen molar-refractivity contribution < 1.29 is 9.59 Å². The van der Waals surface area contributed by atoms with Gasteiger partial charge in [0.05, 0.1) is 0 Å². The summed E-state index contributed by atoms with van der Waals surface area (Å²) in [6.07, 6.45) is 0. The molecule has 20 heavy (non-hydrogen) atoms. The zero-order valence-corrected chi connectivity index (χ0v) is 12.8. The summed E-state index contributed by atoms with van der Waals surface area (Å²) in [5.74, 6) is -0.242. The lowest BCUT2D eigenvalue weighted by Crippen LogP contribution is -2.43. The van der Waals surface area contributed by atoms with Crippen LogP contribution in [0.3, 0.4) is 0 Å². The van der Waals surface area contributed by atoms with Gasteiger partial charge in [-0.05, 0) is 30.4 Å². The number of urea groups is 1. The zero-order valence-electron chi connectivity index (χ0n) is 12.8. The minimum Gasteiger partial charge on any atom is -0.306 e. The second kappa shape index (κ2) is 4.62. The fraction of sp³-hybridized carbons (Fsp3) is 0.500. The minimum absolute atomic E-state index is 0.110. The first kappa shape index (κ1) is 14.6. The number of hydrogen-bond donors (Lipinski definition) is 1. The standard InChI is InChI=1S/C16H22N2O2/c1-15(2,3)12-8-6-11(7-9-12)10-18-14(20)17-13(19)16(18,4)5/h6-9H,10H2,1-5H3,(H,17,19,20). The molecule has 3 amide bonds. The molecule has 1 fully saturated rings. The molecule has 1 aliphatic rings. The highest BCUT2D eigenvalue weighted by atomic mass is 16.2. The number of imide groups is 1. The Morgan fingerprint density at radius 3 is 2.05 bits per heavy atom. The Kier molecular flexibility index (Phi) is 3.36. The van der Waals surface area contributed by atoms with Gasteiger partial charge in [0.25, 0.3) is 5.91 Å². The van der Waals surface area contributed by atoms with Gasteiger partial charge >= 0.3 is 6.03 Å². The summed E-state index contributed by atoms with van der Waals surface area (Å²) in [5, 5.41) is 2.36. The molecule has 0 spiro atoms. The Labute approximate surface area is 120 Å². The molecule has 4 heteroatoms. The van der Waals surface area contributed by atoms with Crippen LogP contribution in [0.25, 0.3) is 0 Å². The van der Waals surface area contributed by atoms with Gasteiger partial charge in [0.2, 0.25) is 0 Å². The van der Waals surface area contributed by atoms with E-state index >= 15 is 0 Å². The second-order valence-corrected chi connectivity index (χ2v) is 6.85. The lowest BCUT2D eigenvalue weighted by atomic mass is 9.86. The van der Waals surface area contributed by atoms with Gasteiger partial charge in [0.15, 0.2) is 0 Å². The van der Waals surface area contributed by atoms with Crippen molar-refractivity contribution in [2.45, 2.75) is 52.1 Å². The first-order valence-electron chi connectivity index (χ1n) is 6.85. The molecule has 0 bridgehead atoms. The highest BCUT2D eigenvalue weighted by molar-refractivity contribution is 6.06. The van der Waals surface area contributed by atoms with E-state index in [1.54, 1.807) is 18.7 Å².